The second-order valence-corrected chi connectivity index (χ2v) is 5.20. The molecule has 0 saturated heterocycles. The highest BCUT2D eigenvalue weighted by atomic mass is 16.5. The Hall–Kier alpha value is -1.59. The highest BCUT2D eigenvalue weighted by Crippen LogP contribution is 2.33. The summed E-state index contributed by atoms with van der Waals surface area (Å²) in [5, 5.41) is 0. The first-order valence-electron chi connectivity index (χ1n) is 5.75. The van der Waals surface area contributed by atoms with Gasteiger partial charge in [-0.3, -0.25) is 10.2 Å². The van der Waals surface area contributed by atoms with E-state index in [2.05, 4.69) is 26.2 Å². The van der Waals surface area contributed by atoms with Gasteiger partial charge < -0.3 is 10.5 Å². The maximum atomic E-state index is 11.4. The van der Waals surface area contributed by atoms with Crippen molar-refractivity contribution in [3.63, 3.8) is 0 Å². The highest BCUT2D eigenvalue weighted by molar-refractivity contribution is 5.82. The number of carbonyl (C=O) groups is 1. The minimum atomic E-state index is -0.776. The van der Waals surface area contributed by atoms with Crippen LogP contribution in [0.25, 0.3) is 0 Å². The van der Waals surface area contributed by atoms with Crippen LogP contribution in [0.3, 0.4) is 0 Å². The number of hydrogen-bond acceptors (Lipinski definition) is 4. The monoisotopic (exact) mass is 251 g/mol. The number of nitrogens with one attached hydrogen (secondary N) is 1. The van der Waals surface area contributed by atoms with Gasteiger partial charge in [-0.2, -0.15) is 0 Å². The Morgan fingerprint density at radius 2 is 2.00 bits per heavy atom. The molecule has 100 valence electrons. The fraction of sp³-hybridized carbons (Fsp3) is 0.462. The summed E-state index contributed by atoms with van der Waals surface area (Å²) in [6.07, 6.45) is 0. The number of hydrazine groups is 1. The number of rotatable bonds is 3. The van der Waals surface area contributed by atoms with Crippen molar-refractivity contribution in [1.29, 1.82) is 0 Å². The molecule has 0 saturated carbocycles. The second kappa shape index (κ2) is 5.37. The summed E-state index contributed by atoms with van der Waals surface area (Å²) in [6.45, 7) is 6.22. The summed E-state index contributed by atoms with van der Waals surface area (Å²) in [6, 6.07) is 4.70. The molecule has 1 amide bonds. The van der Waals surface area contributed by atoms with Crippen LogP contribution in [0, 0.1) is 0 Å². The molecule has 18 heavy (non-hydrogen) atoms. The smallest absolute Gasteiger partial charge is 0.255 e. The molecule has 0 aromatic heterocycles. The lowest BCUT2D eigenvalue weighted by Crippen LogP contribution is -2.38. The number of nitrogens with two attached hydrogens (primary N) is 2. The Labute approximate surface area is 107 Å². The standard InChI is InChI=1S/C13H21N3O2/c1-13(2,3)9-7-8(5-6-10(9)18-4)11(14)12(17)16-15/h5-7,11H,14-15H2,1-4H3,(H,16,17). The zero-order valence-electron chi connectivity index (χ0n) is 11.3. The molecule has 5 heteroatoms. The van der Waals surface area contributed by atoms with Crippen LogP contribution in [-0.4, -0.2) is 13.0 Å². The number of hydrogen-bond donors (Lipinski definition) is 3. The van der Waals surface area contributed by atoms with E-state index < -0.39 is 11.9 Å². The van der Waals surface area contributed by atoms with Gasteiger partial charge in [0.25, 0.3) is 5.91 Å². The van der Waals surface area contributed by atoms with Crippen LogP contribution < -0.4 is 21.7 Å². The van der Waals surface area contributed by atoms with Crippen molar-refractivity contribution >= 4 is 5.91 Å². The van der Waals surface area contributed by atoms with Crippen molar-refractivity contribution in [3.8, 4) is 5.75 Å². The lowest BCUT2D eigenvalue weighted by atomic mass is 9.84. The first-order valence-corrected chi connectivity index (χ1v) is 5.75. The Bertz CT molecular complexity index is 438. The first kappa shape index (κ1) is 14.5. The topological polar surface area (TPSA) is 90.4 Å². The first-order chi connectivity index (χ1) is 8.31. The van der Waals surface area contributed by atoms with Gasteiger partial charge in [0.05, 0.1) is 7.11 Å². The van der Waals surface area contributed by atoms with Gasteiger partial charge in [0.15, 0.2) is 0 Å². The molecule has 1 unspecified atom stereocenters. The molecule has 0 heterocycles. The van der Waals surface area contributed by atoms with Crippen LogP contribution in [0.1, 0.15) is 37.9 Å². The second-order valence-electron chi connectivity index (χ2n) is 5.20. The highest BCUT2D eigenvalue weighted by Gasteiger charge is 2.22. The Kier molecular flexibility index (Phi) is 4.32. The van der Waals surface area contributed by atoms with Gasteiger partial charge in [-0.05, 0) is 28.7 Å². The molecule has 0 aliphatic rings. The maximum Gasteiger partial charge on any atom is 0.255 e. The van der Waals surface area contributed by atoms with E-state index in [0.717, 1.165) is 11.3 Å². The van der Waals surface area contributed by atoms with E-state index in [4.69, 9.17) is 16.3 Å². The fourth-order valence-corrected chi connectivity index (χ4v) is 1.75. The molecule has 5 N–H and O–H groups in total. The van der Waals surface area contributed by atoms with E-state index in [0.29, 0.717) is 5.56 Å². The Balaban J connectivity index is 3.23. The van der Waals surface area contributed by atoms with Gasteiger partial charge >= 0.3 is 0 Å². The Morgan fingerprint density at radius 1 is 1.39 bits per heavy atom. The molecule has 0 spiro atoms. The van der Waals surface area contributed by atoms with Crippen LogP contribution in [0.5, 0.6) is 5.75 Å². The predicted molar refractivity (Wildman–Crippen MR) is 71.0 cm³/mol. The van der Waals surface area contributed by atoms with Gasteiger partial charge in [0.2, 0.25) is 0 Å². The van der Waals surface area contributed by atoms with Crippen LogP contribution >= 0.6 is 0 Å². The lowest BCUT2D eigenvalue weighted by molar-refractivity contribution is -0.122. The molecule has 0 aliphatic heterocycles. The van der Waals surface area contributed by atoms with Crippen molar-refractivity contribution in [1.82, 2.24) is 5.43 Å². The summed E-state index contributed by atoms with van der Waals surface area (Å²) >= 11 is 0. The minimum Gasteiger partial charge on any atom is -0.496 e. The zero-order chi connectivity index (χ0) is 13.9. The molecule has 5 nitrogen and oxygen atoms in total. The molecule has 1 rings (SSSR count). The zero-order valence-corrected chi connectivity index (χ0v) is 11.3. The van der Waals surface area contributed by atoms with E-state index in [1.807, 2.05) is 12.1 Å². The molecule has 1 aromatic carbocycles. The third kappa shape index (κ3) is 3.00. The molecule has 0 aliphatic carbocycles. The lowest BCUT2D eigenvalue weighted by Gasteiger charge is -2.23. The average molecular weight is 251 g/mol. The van der Waals surface area contributed by atoms with Crippen molar-refractivity contribution in [3.05, 3.63) is 29.3 Å². The Morgan fingerprint density at radius 3 is 2.44 bits per heavy atom. The van der Waals surface area contributed by atoms with Crippen LogP contribution in [-0.2, 0) is 10.2 Å². The molecule has 0 fully saturated rings. The molecular weight excluding hydrogens is 230 g/mol. The van der Waals surface area contributed by atoms with Gasteiger partial charge in [-0.1, -0.05) is 26.8 Å². The van der Waals surface area contributed by atoms with Crippen molar-refractivity contribution in [2.45, 2.75) is 32.2 Å². The SMILES string of the molecule is COc1ccc(C(N)C(=O)NN)cc1C(C)(C)C. The largest absolute Gasteiger partial charge is 0.496 e. The van der Waals surface area contributed by atoms with E-state index in [1.165, 1.54) is 0 Å². The van der Waals surface area contributed by atoms with Gasteiger partial charge in [0, 0.05) is 0 Å². The number of ether oxygens (including phenoxy) is 1. The third-order valence-corrected chi connectivity index (χ3v) is 2.82. The minimum absolute atomic E-state index is 0.0970. The molecular formula is C13H21N3O2. The maximum absolute atomic E-state index is 11.4. The number of benzene rings is 1. The van der Waals surface area contributed by atoms with Crippen molar-refractivity contribution < 1.29 is 9.53 Å². The quantitative estimate of drug-likeness (QED) is 0.424. The fourth-order valence-electron chi connectivity index (χ4n) is 1.75. The summed E-state index contributed by atoms with van der Waals surface area (Å²) < 4.78 is 5.33. The van der Waals surface area contributed by atoms with Gasteiger partial charge in [-0.25, -0.2) is 5.84 Å². The summed E-state index contributed by atoms with van der Waals surface area (Å²) in [4.78, 5) is 11.4. The van der Waals surface area contributed by atoms with Crippen LogP contribution in [0.2, 0.25) is 0 Å². The number of carbonyl (C=O) groups excluding carboxylic acids is 1. The van der Waals surface area contributed by atoms with E-state index in [-0.39, 0.29) is 5.41 Å². The molecule has 0 radical (unpaired) electrons. The molecule has 1 atom stereocenters. The summed E-state index contributed by atoms with van der Waals surface area (Å²) in [5.74, 6) is 5.45. The summed E-state index contributed by atoms with van der Waals surface area (Å²) in [5.41, 5.74) is 9.49. The molecule has 0 bridgehead atoms. The average Bonchev–Trinajstić information content (AvgIpc) is 2.35. The van der Waals surface area contributed by atoms with Crippen LogP contribution in [0.4, 0.5) is 0 Å². The van der Waals surface area contributed by atoms with Crippen LogP contribution in [0.15, 0.2) is 18.2 Å². The van der Waals surface area contributed by atoms with E-state index in [1.54, 1.807) is 13.2 Å². The number of amides is 1. The van der Waals surface area contributed by atoms with Crippen molar-refractivity contribution in [2.75, 3.05) is 7.11 Å². The molecule has 1 aromatic rings. The van der Waals surface area contributed by atoms with Gasteiger partial charge in [0.1, 0.15) is 11.8 Å². The van der Waals surface area contributed by atoms with Crippen molar-refractivity contribution in [2.24, 2.45) is 11.6 Å². The number of methoxy groups -OCH3 is 1. The third-order valence-electron chi connectivity index (χ3n) is 2.82. The van der Waals surface area contributed by atoms with E-state index >= 15 is 0 Å². The normalized spacial score (nSPS) is 13.0. The van der Waals surface area contributed by atoms with E-state index in [9.17, 15) is 4.79 Å². The predicted octanol–water partition coefficient (Wildman–Crippen LogP) is 0.982. The van der Waals surface area contributed by atoms with Gasteiger partial charge in [-0.15, -0.1) is 0 Å². The summed E-state index contributed by atoms with van der Waals surface area (Å²) in [7, 11) is 1.62.